The van der Waals surface area contributed by atoms with Gasteiger partial charge >= 0.3 is 6.03 Å². The van der Waals surface area contributed by atoms with Crippen molar-refractivity contribution in [3.05, 3.63) is 69.5 Å². The Bertz CT molecular complexity index is 1260. The van der Waals surface area contributed by atoms with Gasteiger partial charge in [-0.3, -0.25) is 19.8 Å². The predicted molar refractivity (Wildman–Crippen MR) is 119 cm³/mol. The standard InChI is InChI=1S/C23H20BrN3O3/c1-4-26-22(29)18(21(28)25-23(26)30)12-15-11-13(2)27(14(15)3)20-10-9-19(24)16-7-5-6-8-17(16)20/h5-12H,4H2,1-3H3,(H,25,28,30)/b18-12+. The third-order valence-corrected chi connectivity index (χ3v) is 6.05. The molecule has 7 heteroatoms. The maximum atomic E-state index is 12.6. The molecule has 1 aromatic heterocycles. The van der Waals surface area contributed by atoms with Gasteiger partial charge in [-0.2, -0.15) is 0 Å². The van der Waals surface area contributed by atoms with E-state index in [9.17, 15) is 14.4 Å². The molecular weight excluding hydrogens is 446 g/mol. The van der Waals surface area contributed by atoms with Crippen LogP contribution in [0.2, 0.25) is 0 Å². The van der Waals surface area contributed by atoms with Crippen molar-refractivity contribution in [1.82, 2.24) is 14.8 Å². The summed E-state index contributed by atoms with van der Waals surface area (Å²) < 4.78 is 3.12. The van der Waals surface area contributed by atoms with E-state index in [1.165, 1.54) is 0 Å². The monoisotopic (exact) mass is 465 g/mol. The van der Waals surface area contributed by atoms with E-state index in [0.717, 1.165) is 42.8 Å². The van der Waals surface area contributed by atoms with Crippen LogP contribution in [0.15, 0.2) is 52.5 Å². The molecule has 1 aliphatic heterocycles. The van der Waals surface area contributed by atoms with Crippen molar-refractivity contribution >= 4 is 50.6 Å². The summed E-state index contributed by atoms with van der Waals surface area (Å²) in [6.07, 6.45) is 1.56. The molecule has 0 atom stereocenters. The molecular formula is C23H20BrN3O3. The molecule has 4 amide bonds. The van der Waals surface area contributed by atoms with E-state index in [1.807, 2.05) is 44.2 Å². The molecule has 3 aromatic rings. The smallest absolute Gasteiger partial charge is 0.317 e. The number of carbonyl (C=O) groups excluding carboxylic acids is 3. The molecule has 6 nitrogen and oxygen atoms in total. The molecule has 2 aromatic carbocycles. The van der Waals surface area contributed by atoms with Crippen LogP contribution in [0.25, 0.3) is 22.5 Å². The minimum Gasteiger partial charge on any atom is -0.317 e. The topological polar surface area (TPSA) is 71.4 Å². The second kappa shape index (κ2) is 7.57. The van der Waals surface area contributed by atoms with Crippen LogP contribution in [0.5, 0.6) is 0 Å². The first-order chi connectivity index (χ1) is 14.3. The van der Waals surface area contributed by atoms with Gasteiger partial charge in [0.25, 0.3) is 11.8 Å². The lowest BCUT2D eigenvalue weighted by atomic mass is 10.1. The Hall–Kier alpha value is -3.19. The Morgan fingerprint density at radius 2 is 1.73 bits per heavy atom. The van der Waals surface area contributed by atoms with E-state index >= 15 is 0 Å². The summed E-state index contributed by atoms with van der Waals surface area (Å²) in [5, 5.41) is 4.41. The first kappa shape index (κ1) is 20.1. The van der Waals surface area contributed by atoms with Crippen molar-refractivity contribution in [2.75, 3.05) is 6.54 Å². The van der Waals surface area contributed by atoms with Crippen LogP contribution in [-0.4, -0.2) is 33.9 Å². The fourth-order valence-electron chi connectivity index (χ4n) is 3.88. The molecule has 0 saturated carbocycles. The zero-order chi connectivity index (χ0) is 21.6. The van der Waals surface area contributed by atoms with Crippen molar-refractivity contribution in [1.29, 1.82) is 0 Å². The van der Waals surface area contributed by atoms with Crippen molar-refractivity contribution in [3.8, 4) is 5.69 Å². The van der Waals surface area contributed by atoms with Crippen molar-refractivity contribution in [3.63, 3.8) is 0 Å². The average molecular weight is 466 g/mol. The lowest BCUT2D eigenvalue weighted by Gasteiger charge is -2.24. The largest absolute Gasteiger partial charge is 0.331 e. The highest BCUT2D eigenvalue weighted by Gasteiger charge is 2.34. The summed E-state index contributed by atoms with van der Waals surface area (Å²) in [6.45, 7) is 5.81. The van der Waals surface area contributed by atoms with Crippen LogP contribution < -0.4 is 5.32 Å². The number of nitrogens with one attached hydrogen (secondary N) is 1. The van der Waals surface area contributed by atoms with Crippen molar-refractivity contribution < 1.29 is 14.4 Å². The Labute approximate surface area is 182 Å². The number of urea groups is 1. The molecule has 4 rings (SSSR count). The fraction of sp³-hybridized carbons (Fsp3) is 0.174. The van der Waals surface area contributed by atoms with Gasteiger partial charge in [0, 0.05) is 27.8 Å². The van der Waals surface area contributed by atoms with Gasteiger partial charge in [-0.15, -0.1) is 0 Å². The molecule has 0 radical (unpaired) electrons. The van der Waals surface area contributed by atoms with Gasteiger partial charge in [-0.1, -0.05) is 40.2 Å². The highest BCUT2D eigenvalue weighted by atomic mass is 79.9. The summed E-state index contributed by atoms with van der Waals surface area (Å²) >= 11 is 3.61. The quantitative estimate of drug-likeness (QED) is 0.457. The molecule has 1 fully saturated rings. The number of aryl methyl sites for hydroxylation is 1. The minimum atomic E-state index is -0.684. The van der Waals surface area contributed by atoms with Crippen LogP contribution in [0.3, 0.4) is 0 Å². The Morgan fingerprint density at radius 3 is 2.43 bits per heavy atom. The molecule has 1 N–H and O–H groups in total. The summed E-state index contributed by atoms with van der Waals surface area (Å²) in [6, 6.07) is 13.4. The molecule has 0 unspecified atom stereocenters. The number of imide groups is 2. The van der Waals surface area contributed by atoms with E-state index < -0.39 is 17.8 Å². The fourth-order valence-corrected chi connectivity index (χ4v) is 4.36. The highest BCUT2D eigenvalue weighted by molar-refractivity contribution is 9.10. The maximum absolute atomic E-state index is 12.6. The zero-order valence-corrected chi connectivity index (χ0v) is 18.4. The first-order valence-corrected chi connectivity index (χ1v) is 10.4. The molecule has 1 saturated heterocycles. The molecule has 30 heavy (non-hydrogen) atoms. The third-order valence-electron chi connectivity index (χ3n) is 5.36. The normalized spacial score (nSPS) is 15.9. The van der Waals surface area contributed by atoms with E-state index in [1.54, 1.807) is 13.0 Å². The zero-order valence-electron chi connectivity index (χ0n) is 16.8. The van der Waals surface area contributed by atoms with Gasteiger partial charge in [0.2, 0.25) is 0 Å². The van der Waals surface area contributed by atoms with Crippen LogP contribution in [0.4, 0.5) is 4.79 Å². The Morgan fingerprint density at radius 1 is 1.03 bits per heavy atom. The third kappa shape index (κ3) is 3.15. The van der Waals surface area contributed by atoms with E-state index in [0.29, 0.717) is 0 Å². The van der Waals surface area contributed by atoms with Gasteiger partial charge in [0.05, 0.1) is 5.69 Å². The van der Waals surface area contributed by atoms with E-state index in [4.69, 9.17) is 0 Å². The number of hydrogen-bond acceptors (Lipinski definition) is 3. The average Bonchev–Trinajstić information content (AvgIpc) is 2.99. The van der Waals surface area contributed by atoms with Gasteiger partial charge in [-0.05, 0) is 56.0 Å². The van der Waals surface area contributed by atoms with Gasteiger partial charge in [0.15, 0.2) is 0 Å². The number of likely N-dealkylation sites (N-methyl/N-ethyl adjacent to an activating group) is 1. The van der Waals surface area contributed by atoms with Crippen LogP contribution >= 0.6 is 15.9 Å². The lowest BCUT2D eigenvalue weighted by Crippen LogP contribution is -2.53. The van der Waals surface area contributed by atoms with Crippen molar-refractivity contribution in [2.45, 2.75) is 20.8 Å². The summed E-state index contributed by atoms with van der Waals surface area (Å²) in [5.41, 5.74) is 3.59. The molecule has 1 aliphatic rings. The number of hydrogen-bond donors (Lipinski definition) is 1. The van der Waals surface area contributed by atoms with E-state index in [-0.39, 0.29) is 12.1 Å². The Kier molecular flexibility index (Phi) is 5.07. The summed E-state index contributed by atoms with van der Waals surface area (Å²) in [7, 11) is 0. The number of carbonyl (C=O) groups is 3. The second-order valence-corrected chi connectivity index (χ2v) is 8.00. The minimum absolute atomic E-state index is 0.0441. The number of fused-ring (bicyclic) bond motifs is 1. The number of barbiturate groups is 1. The molecule has 2 heterocycles. The SMILES string of the molecule is CCN1C(=O)NC(=O)/C(=C\c2cc(C)n(-c3ccc(Br)c4ccccc34)c2C)C1=O. The van der Waals surface area contributed by atoms with Gasteiger partial charge in [0.1, 0.15) is 5.57 Å². The number of aromatic nitrogens is 1. The first-order valence-electron chi connectivity index (χ1n) is 9.59. The molecule has 0 spiro atoms. The molecule has 152 valence electrons. The lowest BCUT2D eigenvalue weighted by molar-refractivity contribution is -0.129. The van der Waals surface area contributed by atoms with Crippen LogP contribution in [-0.2, 0) is 9.59 Å². The maximum Gasteiger partial charge on any atom is 0.331 e. The number of rotatable bonds is 3. The molecule has 0 aliphatic carbocycles. The number of amides is 4. The second-order valence-electron chi connectivity index (χ2n) is 7.14. The summed E-state index contributed by atoms with van der Waals surface area (Å²) in [5.74, 6) is -1.25. The predicted octanol–water partition coefficient (Wildman–Crippen LogP) is 4.49. The van der Waals surface area contributed by atoms with Gasteiger partial charge < -0.3 is 4.57 Å². The van der Waals surface area contributed by atoms with E-state index in [2.05, 4.69) is 37.9 Å². The molecule has 0 bridgehead atoms. The highest BCUT2D eigenvalue weighted by Crippen LogP contribution is 2.32. The number of benzene rings is 2. The van der Waals surface area contributed by atoms with Gasteiger partial charge in [-0.25, -0.2) is 4.79 Å². The number of halogens is 1. The summed E-state index contributed by atoms with van der Waals surface area (Å²) in [4.78, 5) is 37.8. The Balaban J connectivity index is 1.86. The van der Waals surface area contributed by atoms with Crippen LogP contribution in [0, 0.1) is 13.8 Å². The van der Waals surface area contributed by atoms with Crippen LogP contribution in [0.1, 0.15) is 23.9 Å². The van der Waals surface area contributed by atoms with Crippen molar-refractivity contribution in [2.24, 2.45) is 0 Å². The number of nitrogens with zero attached hydrogens (tertiary/aromatic N) is 2.